The molecule has 0 amide bonds. The highest BCUT2D eigenvalue weighted by Crippen LogP contribution is 2.08. The zero-order valence-corrected chi connectivity index (χ0v) is 22.0. The van der Waals surface area contributed by atoms with Gasteiger partial charge in [0, 0.05) is 6.42 Å². The normalized spacial score (nSPS) is 13.8. The molecule has 5 heteroatoms. The predicted octanol–water partition coefficient (Wildman–Crippen LogP) is 6.78. The summed E-state index contributed by atoms with van der Waals surface area (Å²) in [6.45, 7) is 2.70. The highest BCUT2D eigenvalue weighted by atomic mass is 16.5. The summed E-state index contributed by atoms with van der Waals surface area (Å²) >= 11 is 0. The van der Waals surface area contributed by atoms with Gasteiger partial charge in [0.2, 0.25) is 0 Å². The van der Waals surface area contributed by atoms with Gasteiger partial charge in [-0.05, 0) is 44.9 Å². The van der Waals surface area contributed by atoms with Crippen LogP contribution in [0, 0.1) is 0 Å². The number of rotatable bonds is 20. The standard InChI is InChI=1S/C29H47NO4/c1-5-6-7-8-9-10-11-12-13-14-15-16-17-18-19-20-21-22-23-24-29(33)34-27(25-28(31)32)26-30(2,3)4/h9-10,12-13,15-16,18-19,21-22,27H,5-8,11,14,17,20,23-26H2,1-4H3/p+1/b10-9+,13-12+,16-15+,19-18+,22-21+. The van der Waals surface area contributed by atoms with Crippen molar-refractivity contribution in [2.45, 2.75) is 83.7 Å². The van der Waals surface area contributed by atoms with Gasteiger partial charge in [0.05, 0.1) is 27.6 Å². The first-order valence-electron chi connectivity index (χ1n) is 12.7. The number of carboxylic acids is 1. The van der Waals surface area contributed by atoms with Crippen molar-refractivity contribution in [1.82, 2.24) is 0 Å². The van der Waals surface area contributed by atoms with Crippen LogP contribution in [0.15, 0.2) is 60.8 Å². The number of aliphatic carboxylic acids is 1. The molecule has 1 unspecified atom stereocenters. The Morgan fingerprint density at radius 2 is 1.24 bits per heavy atom. The fourth-order valence-corrected chi connectivity index (χ4v) is 3.23. The lowest BCUT2D eigenvalue weighted by Crippen LogP contribution is -2.43. The summed E-state index contributed by atoms with van der Waals surface area (Å²) < 4.78 is 5.92. The number of carboxylic acid groups (broad SMARTS) is 1. The van der Waals surface area contributed by atoms with E-state index >= 15 is 0 Å². The van der Waals surface area contributed by atoms with Crippen molar-refractivity contribution in [3.05, 3.63) is 60.8 Å². The molecule has 5 nitrogen and oxygen atoms in total. The number of allylic oxidation sites excluding steroid dienone is 10. The van der Waals surface area contributed by atoms with Crippen molar-refractivity contribution in [3.8, 4) is 0 Å². The van der Waals surface area contributed by atoms with Gasteiger partial charge < -0.3 is 14.3 Å². The number of quaternary nitrogens is 1. The summed E-state index contributed by atoms with van der Waals surface area (Å²) in [4.78, 5) is 23.0. The maximum Gasteiger partial charge on any atom is 0.307 e. The summed E-state index contributed by atoms with van der Waals surface area (Å²) in [7, 11) is 5.84. The van der Waals surface area contributed by atoms with Crippen molar-refractivity contribution in [2.24, 2.45) is 0 Å². The van der Waals surface area contributed by atoms with Crippen LogP contribution in [0.2, 0.25) is 0 Å². The van der Waals surface area contributed by atoms with Gasteiger partial charge >= 0.3 is 11.9 Å². The fourth-order valence-electron chi connectivity index (χ4n) is 3.23. The Bertz CT molecular complexity index is 681. The van der Waals surface area contributed by atoms with Gasteiger partial charge in [-0.1, -0.05) is 80.5 Å². The Balaban J connectivity index is 3.88. The minimum atomic E-state index is -0.954. The molecule has 1 N–H and O–H groups in total. The smallest absolute Gasteiger partial charge is 0.307 e. The van der Waals surface area contributed by atoms with Gasteiger partial charge in [0.15, 0.2) is 6.10 Å². The van der Waals surface area contributed by atoms with Gasteiger partial charge in [-0.3, -0.25) is 9.59 Å². The Kier molecular flexibility index (Phi) is 19.7. The number of esters is 1. The molecule has 0 saturated carbocycles. The first-order valence-corrected chi connectivity index (χ1v) is 12.7. The fraction of sp³-hybridized carbons (Fsp3) is 0.586. The van der Waals surface area contributed by atoms with Gasteiger partial charge in [-0.2, -0.15) is 0 Å². The number of carbonyl (C=O) groups excluding carboxylic acids is 1. The zero-order chi connectivity index (χ0) is 25.5. The summed E-state index contributed by atoms with van der Waals surface area (Å²) in [6, 6.07) is 0. The molecule has 0 aliphatic rings. The first-order chi connectivity index (χ1) is 16.2. The number of carbonyl (C=O) groups is 2. The maximum absolute atomic E-state index is 12.0. The number of unbranched alkanes of at least 4 members (excludes halogenated alkanes) is 3. The van der Waals surface area contributed by atoms with Crippen molar-refractivity contribution in [3.63, 3.8) is 0 Å². The molecule has 34 heavy (non-hydrogen) atoms. The molecule has 1 atom stereocenters. The van der Waals surface area contributed by atoms with Crippen LogP contribution < -0.4 is 0 Å². The van der Waals surface area contributed by atoms with E-state index in [1.165, 1.54) is 25.7 Å². The molecule has 0 radical (unpaired) electrons. The lowest BCUT2D eigenvalue weighted by Gasteiger charge is -2.28. The van der Waals surface area contributed by atoms with Crippen LogP contribution in [-0.4, -0.2) is 55.3 Å². The molecule has 0 saturated heterocycles. The lowest BCUT2D eigenvalue weighted by atomic mass is 10.2. The Morgan fingerprint density at radius 3 is 1.68 bits per heavy atom. The Labute approximate surface area is 208 Å². The molecule has 0 aromatic carbocycles. The second kappa shape index (κ2) is 21.2. The van der Waals surface area contributed by atoms with E-state index in [4.69, 9.17) is 9.84 Å². The first kappa shape index (κ1) is 31.6. The van der Waals surface area contributed by atoms with Gasteiger partial charge in [0.25, 0.3) is 0 Å². The average Bonchev–Trinajstić information content (AvgIpc) is 2.73. The summed E-state index contributed by atoms with van der Waals surface area (Å²) in [5, 5.41) is 9.01. The highest BCUT2D eigenvalue weighted by Gasteiger charge is 2.24. The van der Waals surface area contributed by atoms with E-state index in [1.54, 1.807) is 0 Å². The molecule has 192 valence electrons. The molecule has 0 aromatic heterocycles. The quantitative estimate of drug-likeness (QED) is 0.0914. The number of hydrogen-bond donors (Lipinski definition) is 1. The van der Waals surface area contributed by atoms with Gasteiger partial charge in [-0.25, -0.2) is 0 Å². The molecule has 0 aromatic rings. The van der Waals surface area contributed by atoms with Crippen molar-refractivity contribution in [1.29, 1.82) is 0 Å². The second-order valence-electron chi connectivity index (χ2n) is 9.52. The van der Waals surface area contributed by atoms with E-state index in [2.05, 4.69) is 55.5 Å². The van der Waals surface area contributed by atoms with Crippen LogP contribution in [0.1, 0.15) is 77.6 Å². The van der Waals surface area contributed by atoms with E-state index in [0.29, 0.717) is 17.4 Å². The Morgan fingerprint density at radius 1 is 0.765 bits per heavy atom. The van der Waals surface area contributed by atoms with Gasteiger partial charge in [0.1, 0.15) is 6.54 Å². The SMILES string of the molecule is CCCCC/C=C/C/C=C/C/C=C/C/C=C/C/C=C/CCC(=O)OC(CC(=O)O)C[N+](C)(C)C. The zero-order valence-electron chi connectivity index (χ0n) is 22.0. The van der Waals surface area contributed by atoms with Crippen molar-refractivity contribution >= 4 is 11.9 Å². The van der Waals surface area contributed by atoms with Crippen LogP contribution >= 0.6 is 0 Å². The average molecular weight is 475 g/mol. The minimum absolute atomic E-state index is 0.164. The summed E-state index contributed by atoms with van der Waals surface area (Å²) in [5.41, 5.74) is 0. The maximum atomic E-state index is 12.0. The summed E-state index contributed by atoms with van der Waals surface area (Å²) in [5.74, 6) is -1.30. The van der Waals surface area contributed by atoms with Crippen molar-refractivity contribution in [2.75, 3.05) is 27.7 Å². The molecule has 0 rings (SSSR count). The number of likely N-dealkylation sites (N-methyl/N-ethyl adjacent to an activating group) is 1. The number of hydrogen-bond acceptors (Lipinski definition) is 3. The third kappa shape index (κ3) is 24.2. The number of nitrogens with zero attached hydrogens (tertiary/aromatic N) is 1. The van der Waals surface area contributed by atoms with E-state index in [9.17, 15) is 9.59 Å². The van der Waals surface area contributed by atoms with Crippen LogP contribution in [-0.2, 0) is 14.3 Å². The lowest BCUT2D eigenvalue weighted by molar-refractivity contribution is -0.873. The summed E-state index contributed by atoms with van der Waals surface area (Å²) in [6.07, 6.45) is 30.5. The van der Waals surface area contributed by atoms with E-state index in [-0.39, 0.29) is 18.8 Å². The molecule has 0 fully saturated rings. The van der Waals surface area contributed by atoms with Crippen LogP contribution in [0.3, 0.4) is 0 Å². The van der Waals surface area contributed by atoms with E-state index in [0.717, 1.165) is 25.7 Å². The van der Waals surface area contributed by atoms with Gasteiger partial charge in [-0.15, -0.1) is 0 Å². The molecule has 0 bridgehead atoms. The van der Waals surface area contributed by atoms with Crippen LogP contribution in [0.5, 0.6) is 0 Å². The van der Waals surface area contributed by atoms with E-state index in [1.807, 2.05) is 33.3 Å². The van der Waals surface area contributed by atoms with Crippen LogP contribution in [0.4, 0.5) is 0 Å². The minimum Gasteiger partial charge on any atom is -0.481 e. The molecule has 0 heterocycles. The highest BCUT2D eigenvalue weighted by molar-refractivity contribution is 5.71. The Hall–Kier alpha value is -2.40. The molecule has 0 spiro atoms. The largest absolute Gasteiger partial charge is 0.481 e. The second-order valence-corrected chi connectivity index (χ2v) is 9.52. The number of ether oxygens (including phenoxy) is 1. The molecule has 0 aliphatic heterocycles. The topological polar surface area (TPSA) is 63.6 Å². The monoisotopic (exact) mass is 474 g/mol. The third-order valence-corrected chi connectivity index (χ3v) is 4.86. The van der Waals surface area contributed by atoms with E-state index < -0.39 is 12.1 Å². The predicted molar refractivity (Wildman–Crippen MR) is 143 cm³/mol. The van der Waals surface area contributed by atoms with Crippen molar-refractivity contribution < 1.29 is 23.9 Å². The third-order valence-electron chi connectivity index (χ3n) is 4.86. The van der Waals surface area contributed by atoms with Crippen LogP contribution in [0.25, 0.3) is 0 Å². The molecular weight excluding hydrogens is 426 g/mol. The molecule has 0 aliphatic carbocycles. The molecular formula is C29H48NO4+.